The van der Waals surface area contributed by atoms with Crippen LogP contribution in [0.15, 0.2) is 180 Å². The van der Waals surface area contributed by atoms with E-state index in [4.69, 9.17) is 4.74 Å². The Hall–Kier alpha value is -7.34. The zero-order chi connectivity index (χ0) is 42.1. The van der Waals surface area contributed by atoms with Gasteiger partial charge in [0.25, 0.3) is 6.71 Å². The Bertz CT molecular complexity index is 3900. The van der Waals surface area contributed by atoms with E-state index in [0.717, 1.165) is 28.6 Å². The van der Waals surface area contributed by atoms with Crippen LogP contribution in [-0.4, -0.2) is 22.6 Å². The number of para-hydroxylation sites is 5. The maximum absolute atomic E-state index is 7.08. The second-order valence-corrected chi connectivity index (χ2v) is 19.2. The molecule has 0 radical (unpaired) electrons. The smallest absolute Gasteiger partial charge is 0.256 e. The molecule has 7 heteroatoms. The van der Waals surface area contributed by atoms with E-state index in [2.05, 4.69) is 205 Å². The highest BCUT2D eigenvalue weighted by molar-refractivity contribution is 8.00. The van der Waals surface area contributed by atoms with E-state index in [1.807, 2.05) is 11.8 Å². The molecule has 0 aliphatic carbocycles. The van der Waals surface area contributed by atoms with E-state index in [-0.39, 0.29) is 13.4 Å². The summed E-state index contributed by atoms with van der Waals surface area (Å²) < 4.78 is 12.2. The van der Waals surface area contributed by atoms with Crippen molar-refractivity contribution in [2.45, 2.75) is 30.6 Å². The van der Waals surface area contributed by atoms with E-state index < -0.39 is 0 Å². The first-order chi connectivity index (χ1) is 31.5. The van der Waals surface area contributed by atoms with Gasteiger partial charge < -0.3 is 18.8 Å². The minimum Gasteiger partial charge on any atom is -0.458 e. The molecule has 4 aliphatic rings. The van der Waals surface area contributed by atoms with Crippen LogP contribution < -0.4 is 42.4 Å². The van der Waals surface area contributed by atoms with E-state index in [9.17, 15) is 0 Å². The molecule has 0 fully saturated rings. The van der Waals surface area contributed by atoms with Gasteiger partial charge in [-0.05, 0) is 120 Å². The van der Waals surface area contributed by atoms with Crippen molar-refractivity contribution in [3.05, 3.63) is 187 Å². The highest BCUT2D eigenvalue weighted by atomic mass is 32.2. The third-order valence-electron chi connectivity index (χ3n) is 14.6. The molecule has 6 heterocycles. The molecule has 4 aliphatic heterocycles. The largest absolute Gasteiger partial charge is 0.458 e. The molecular weight excluding hydrogens is 796 g/mol. The predicted molar refractivity (Wildman–Crippen MR) is 270 cm³/mol. The molecule has 64 heavy (non-hydrogen) atoms. The molecular formula is C57H37B2N3OS. The van der Waals surface area contributed by atoms with Gasteiger partial charge in [-0.2, -0.15) is 0 Å². The summed E-state index contributed by atoms with van der Waals surface area (Å²) in [6.07, 6.45) is 0. The van der Waals surface area contributed by atoms with Crippen LogP contribution in [0.4, 0.5) is 17.1 Å². The van der Waals surface area contributed by atoms with E-state index in [0.29, 0.717) is 0 Å². The van der Waals surface area contributed by atoms with Crippen molar-refractivity contribution in [1.29, 1.82) is 0 Å². The topological polar surface area (TPSA) is 22.3 Å². The average Bonchev–Trinajstić information content (AvgIpc) is 3.85. The van der Waals surface area contributed by atoms with Crippen molar-refractivity contribution in [3.63, 3.8) is 0 Å². The molecule has 0 N–H and O–H groups in total. The number of hydrogen-bond acceptors (Lipinski definition) is 3. The lowest BCUT2D eigenvalue weighted by atomic mass is 9.30. The van der Waals surface area contributed by atoms with Gasteiger partial charge in [-0.25, -0.2) is 0 Å². The van der Waals surface area contributed by atoms with Crippen molar-refractivity contribution in [3.8, 4) is 22.9 Å². The van der Waals surface area contributed by atoms with Crippen molar-refractivity contribution in [2.75, 3.05) is 4.90 Å². The summed E-state index contributed by atoms with van der Waals surface area (Å²) >= 11 is 1.92. The Labute approximate surface area is 375 Å². The molecule has 0 saturated heterocycles. The van der Waals surface area contributed by atoms with Gasteiger partial charge in [0.2, 0.25) is 6.71 Å². The standard InChI is InChI=1S/C57H37B2N3OS/c1-32-28-33(2)30-37(29-32)61-45-22-9-7-16-40(45)50-46(23-13-24-47(50)61)60(35-14-5-4-6-15-35)36-26-27-42-49(31-36)64-57-34(3)56-51-55-52(57)59(42)44-21-12-18-39-38-17-11-20-43(53(38)62(55)54(39)44)58(51)41-19-8-10-25-48(41)63-56/h4-31H,1-3H3. The maximum Gasteiger partial charge on any atom is 0.256 e. The summed E-state index contributed by atoms with van der Waals surface area (Å²) in [5.74, 6) is 1.98. The van der Waals surface area contributed by atoms with Gasteiger partial charge in [-0.1, -0.05) is 126 Å². The minimum absolute atomic E-state index is 0.0727. The molecule has 9 aromatic carbocycles. The lowest BCUT2D eigenvalue weighted by Crippen LogP contribution is -2.65. The van der Waals surface area contributed by atoms with Gasteiger partial charge in [0, 0.05) is 70.7 Å². The van der Waals surface area contributed by atoms with Crippen molar-refractivity contribution in [1.82, 2.24) is 9.13 Å². The Balaban J connectivity index is 0.993. The lowest BCUT2D eigenvalue weighted by molar-refractivity contribution is 0.482. The van der Waals surface area contributed by atoms with Crippen molar-refractivity contribution >= 4 is 119 Å². The quantitative estimate of drug-likeness (QED) is 0.165. The number of nitrogens with zero attached hydrogens (tertiary/aromatic N) is 3. The molecule has 11 aromatic rings. The number of ether oxygens (including phenoxy) is 1. The normalized spacial score (nSPS) is 13.5. The Morgan fingerprint density at radius 1 is 0.516 bits per heavy atom. The zero-order valence-corrected chi connectivity index (χ0v) is 36.3. The second-order valence-electron chi connectivity index (χ2n) is 18.2. The number of anilines is 3. The number of rotatable bonds is 4. The Kier molecular flexibility index (Phi) is 6.83. The SMILES string of the molecule is Cc1cc(C)cc(-n2c3ccccc3c3c(N(c4ccccc4)c4ccc5c(c4)Sc4c(C)c6c7c8c4B5c4cccc5c9cccc(c9n-8c45)B7c4ccccc4O6)cccc32)c1. The lowest BCUT2D eigenvalue weighted by Gasteiger charge is -2.41. The van der Waals surface area contributed by atoms with Gasteiger partial charge in [0.05, 0.1) is 16.7 Å². The number of aryl methyl sites for hydroxylation is 2. The molecule has 2 aromatic heterocycles. The molecule has 0 atom stereocenters. The summed E-state index contributed by atoms with van der Waals surface area (Å²) in [6.45, 7) is 6.85. The summed E-state index contributed by atoms with van der Waals surface area (Å²) in [5.41, 5.74) is 22.8. The Morgan fingerprint density at radius 3 is 1.97 bits per heavy atom. The van der Waals surface area contributed by atoms with Crippen LogP contribution in [0, 0.1) is 20.8 Å². The molecule has 298 valence electrons. The van der Waals surface area contributed by atoms with Gasteiger partial charge in [-0.15, -0.1) is 0 Å². The molecule has 0 unspecified atom stereocenters. The molecule has 0 bridgehead atoms. The average molecular weight is 834 g/mol. The highest BCUT2D eigenvalue weighted by Gasteiger charge is 2.49. The fourth-order valence-corrected chi connectivity index (χ4v) is 13.6. The first-order valence-corrected chi connectivity index (χ1v) is 23.1. The van der Waals surface area contributed by atoms with Gasteiger partial charge in [0.15, 0.2) is 0 Å². The van der Waals surface area contributed by atoms with Crippen LogP contribution >= 0.6 is 11.8 Å². The number of aromatic nitrogens is 2. The minimum atomic E-state index is 0.0727. The van der Waals surface area contributed by atoms with Crippen LogP contribution in [0.3, 0.4) is 0 Å². The molecule has 4 nitrogen and oxygen atoms in total. The van der Waals surface area contributed by atoms with Crippen LogP contribution in [0.2, 0.25) is 0 Å². The van der Waals surface area contributed by atoms with Gasteiger partial charge in [0.1, 0.15) is 11.5 Å². The molecule has 0 saturated carbocycles. The zero-order valence-electron chi connectivity index (χ0n) is 35.5. The third kappa shape index (κ3) is 4.38. The molecule has 0 amide bonds. The summed E-state index contributed by atoms with van der Waals surface area (Å²) in [4.78, 5) is 5.07. The van der Waals surface area contributed by atoms with Crippen LogP contribution in [-0.2, 0) is 0 Å². The first-order valence-electron chi connectivity index (χ1n) is 22.3. The number of benzene rings is 9. The van der Waals surface area contributed by atoms with Crippen LogP contribution in [0.1, 0.15) is 16.7 Å². The van der Waals surface area contributed by atoms with Gasteiger partial charge >= 0.3 is 0 Å². The summed E-state index contributed by atoms with van der Waals surface area (Å²) in [5, 5.41) is 5.12. The van der Waals surface area contributed by atoms with Crippen LogP contribution in [0.5, 0.6) is 11.5 Å². The fourth-order valence-electron chi connectivity index (χ4n) is 12.3. The summed E-state index contributed by atoms with van der Waals surface area (Å²) in [6, 6.07) is 63.4. The molecule has 15 rings (SSSR count). The first kappa shape index (κ1) is 35.2. The summed E-state index contributed by atoms with van der Waals surface area (Å²) in [7, 11) is 0. The molecule has 0 spiro atoms. The van der Waals surface area contributed by atoms with E-state index >= 15 is 0 Å². The van der Waals surface area contributed by atoms with Crippen LogP contribution in [0.25, 0.3) is 55.0 Å². The predicted octanol–water partition coefficient (Wildman–Crippen LogP) is 10.5. The van der Waals surface area contributed by atoms with Gasteiger partial charge in [-0.3, -0.25) is 0 Å². The second kappa shape index (κ2) is 12.4. The van der Waals surface area contributed by atoms with E-state index in [1.54, 1.807) is 0 Å². The fraction of sp³-hybridized carbons (Fsp3) is 0.0526. The monoisotopic (exact) mass is 833 g/mol. The highest BCUT2D eigenvalue weighted by Crippen LogP contribution is 2.48. The number of fused-ring (bicyclic) bond motifs is 10. The van der Waals surface area contributed by atoms with Crippen molar-refractivity contribution < 1.29 is 4.74 Å². The number of hydrogen-bond donors (Lipinski definition) is 0. The van der Waals surface area contributed by atoms with E-state index in [1.165, 1.54) is 114 Å². The maximum atomic E-state index is 7.08. The van der Waals surface area contributed by atoms with Crippen molar-refractivity contribution in [2.24, 2.45) is 0 Å². The third-order valence-corrected chi connectivity index (χ3v) is 15.9. The Morgan fingerprint density at radius 2 is 1.17 bits per heavy atom.